The van der Waals surface area contributed by atoms with E-state index in [-0.39, 0.29) is 0 Å². The first-order valence-electron chi connectivity index (χ1n) is 9.95. The zero-order valence-electron chi connectivity index (χ0n) is 16.8. The number of aromatic nitrogens is 4. The van der Waals surface area contributed by atoms with E-state index in [1.807, 2.05) is 24.1 Å². The lowest BCUT2D eigenvalue weighted by Crippen LogP contribution is -2.38. The van der Waals surface area contributed by atoms with Gasteiger partial charge in [0.15, 0.2) is 0 Å². The molecule has 3 aromatic heterocycles. The maximum atomic E-state index is 4.61. The van der Waals surface area contributed by atoms with Crippen molar-refractivity contribution < 1.29 is 0 Å². The van der Waals surface area contributed by atoms with Crippen molar-refractivity contribution in [2.75, 3.05) is 13.1 Å². The number of nitrogens with zero attached hydrogens (tertiary/aromatic N) is 5. The lowest BCUT2D eigenvalue weighted by atomic mass is 9.90. The first-order valence-corrected chi connectivity index (χ1v) is 9.95. The molecule has 1 saturated heterocycles. The first kappa shape index (κ1) is 18.1. The number of rotatable bonds is 4. The van der Waals surface area contributed by atoms with Crippen LogP contribution in [-0.2, 0) is 13.5 Å². The smallest absolute Gasteiger partial charge is 0.111 e. The third kappa shape index (κ3) is 4.03. The predicted octanol–water partition coefficient (Wildman–Crippen LogP) is 4.00. The number of likely N-dealkylation sites (tertiary alicyclic amines) is 1. The summed E-state index contributed by atoms with van der Waals surface area (Å²) in [6, 6.07) is 7.06. The molecule has 1 aliphatic heterocycles. The molecular weight excluding hydrogens is 334 g/mol. The number of fused-ring (bicyclic) bond motifs is 1. The van der Waals surface area contributed by atoms with E-state index in [2.05, 4.69) is 58.9 Å². The summed E-state index contributed by atoms with van der Waals surface area (Å²) >= 11 is 0. The van der Waals surface area contributed by atoms with Gasteiger partial charge in [-0.2, -0.15) is 5.10 Å². The maximum absolute atomic E-state index is 4.61. The molecule has 0 radical (unpaired) electrons. The van der Waals surface area contributed by atoms with E-state index in [1.54, 1.807) is 0 Å². The van der Waals surface area contributed by atoms with Crippen LogP contribution in [-0.4, -0.2) is 37.7 Å². The van der Waals surface area contributed by atoms with Gasteiger partial charge in [-0.3, -0.25) is 19.5 Å². The van der Waals surface area contributed by atoms with E-state index in [0.717, 1.165) is 41.9 Å². The molecule has 0 aromatic carbocycles. The van der Waals surface area contributed by atoms with Crippen molar-refractivity contribution in [3.05, 3.63) is 53.1 Å². The zero-order chi connectivity index (χ0) is 19.0. The van der Waals surface area contributed by atoms with E-state index in [4.69, 9.17) is 0 Å². The van der Waals surface area contributed by atoms with E-state index in [9.17, 15) is 0 Å². The standard InChI is InChI=1S/C22H29N5/c1-15-8-19(9-16(2)24-15)10-18-6-5-7-27(13-18)17(3)20-11-21-22(23-12-20)14-26(4)25-21/h8-9,11-12,14,17-18H,5-7,10,13H2,1-4H3/t17?,18-/m1/s1. The highest BCUT2D eigenvalue weighted by Crippen LogP contribution is 2.29. The van der Waals surface area contributed by atoms with Crippen molar-refractivity contribution in [3.63, 3.8) is 0 Å². The molecular formula is C22H29N5. The summed E-state index contributed by atoms with van der Waals surface area (Å²) < 4.78 is 1.84. The maximum Gasteiger partial charge on any atom is 0.111 e. The van der Waals surface area contributed by atoms with Crippen LogP contribution in [0.3, 0.4) is 0 Å². The van der Waals surface area contributed by atoms with Crippen LogP contribution in [0.5, 0.6) is 0 Å². The Morgan fingerprint density at radius 2 is 1.93 bits per heavy atom. The Morgan fingerprint density at radius 3 is 2.70 bits per heavy atom. The molecule has 3 aromatic rings. The topological polar surface area (TPSA) is 46.8 Å². The lowest BCUT2D eigenvalue weighted by Gasteiger charge is -2.37. The minimum Gasteiger partial charge on any atom is -0.296 e. The van der Waals surface area contributed by atoms with Crippen molar-refractivity contribution in [1.29, 1.82) is 0 Å². The van der Waals surface area contributed by atoms with Crippen molar-refractivity contribution in [2.24, 2.45) is 13.0 Å². The SMILES string of the molecule is Cc1cc(C[C@H]2CCCN(C(C)c3cnc4cn(C)nc4c3)C2)cc(C)n1. The molecule has 27 heavy (non-hydrogen) atoms. The molecule has 1 unspecified atom stereocenters. The van der Waals surface area contributed by atoms with Crippen molar-refractivity contribution in [2.45, 2.75) is 46.1 Å². The van der Waals surface area contributed by atoms with Gasteiger partial charge in [-0.15, -0.1) is 0 Å². The summed E-state index contributed by atoms with van der Waals surface area (Å²) in [6.07, 6.45) is 7.71. The highest BCUT2D eigenvalue weighted by atomic mass is 15.3. The van der Waals surface area contributed by atoms with Gasteiger partial charge >= 0.3 is 0 Å². The summed E-state index contributed by atoms with van der Waals surface area (Å²) in [5.41, 5.74) is 6.89. The van der Waals surface area contributed by atoms with Crippen LogP contribution in [0.1, 0.15) is 48.3 Å². The molecule has 0 spiro atoms. The molecule has 1 aliphatic rings. The fourth-order valence-corrected chi connectivity index (χ4v) is 4.46. The van der Waals surface area contributed by atoms with Gasteiger partial charge in [-0.25, -0.2) is 0 Å². The molecule has 0 amide bonds. The molecule has 0 saturated carbocycles. The van der Waals surface area contributed by atoms with E-state index in [0.29, 0.717) is 12.0 Å². The van der Waals surface area contributed by atoms with Crippen LogP contribution < -0.4 is 0 Å². The number of hydrogen-bond acceptors (Lipinski definition) is 4. The third-order valence-corrected chi connectivity index (χ3v) is 5.74. The molecule has 1 fully saturated rings. The molecule has 4 rings (SSSR count). The lowest BCUT2D eigenvalue weighted by molar-refractivity contribution is 0.131. The Hall–Kier alpha value is -2.27. The van der Waals surface area contributed by atoms with Gasteiger partial charge in [0, 0.05) is 37.2 Å². The summed E-state index contributed by atoms with van der Waals surface area (Å²) in [4.78, 5) is 11.7. The summed E-state index contributed by atoms with van der Waals surface area (Å²) in [7, 11) is 1.95. The predicted molar refractivity (Wildman–Crippen MR) is 109 cm³/mol. The molecule has 0 N–H and O–H groups in total. The van der Waals surface area contributed by atoms with Crippen LogP contribution in [0.4, 0.5) is 0 Å². The van der Waals surface area contributed by atoms with Gasteiger partial charge in [-0.1, -0.05) is 0 Å². The summed E-state index contributed by atoms with van der Waals surface area (Å²) in [5, 5.41) is 4.52. The number of pyridine rings is 2. The third-order valence-electron chi connectivity index (χ3n) is 5.74. The van der Waals surface area contributed by atoms with Crippen LogP contribution in [0.25, 0.3) is 11.0 Å². The highest BCUT2D eigenvalue weighted by molar-refractivity contribution is 5.73. The van der Waals surface area contributed by atoms with Gasteiger partial charge < -0.3 is 0 Å². The minimum absolute atomic E-state index is 0.368. The fraction of sp³-hybridized carbons (Fsp3) is 0.500. The Bertz CT molecular complexity index is 925. The monoisotopic (exact) mass is 363 g/mol. The normalized spacial score (nSPS) is 19.5. The van der Waals surface area contributed by atoms with Gasteiger partial charge in [0.2, 0.25) is 0 Å². The Morgan fingerprint density at radius 1 is 1.15 bits per heavy atom. The average molecular weight is 364 g/mol. The van der Waals surface area contributed by atoms with Gasteiger partial charge in [0.05, 0.1) is 6.20 Å². The summed E-state index contributed by atoms with van der Waals surface area (Å²) in [6.45, 7) is 8.78. The van der Waals surface area contributed by atoms with Crippen LogP contribution in [0, 0.1) is 19.8 Å². The van der Waals surface area contributed by atoms with Gasteiger partial charge in [0.25, 0.3) is 0 Å². The second-order valence-electron chi connectivity index (χ2n) is 8.12. The Balaban J connectivity index is 1.47. The van der Waals surface area contributed by atoms with Crippen molar-refractivity contribution in [3.8, 4) is 0 Å². The molecule has 5 nitrogen and oxygen atoms in total. The van der Waals surface area contributed by atoms with Gasteiger partial charge in [0.1, 0.15) is 11.0 Å². The van der Waals surface area contributed by atoms with Gasteiger partial charge in [-0.05, 0) is 81.8 Å². The summed E-state index contributed by atoms with van der Waals surface area (Å²) in [5.74, 6) is 0.703. The number of hydrogen-bond donors (Lipinski definition) is 0. The van der Waals surface area contributed by atoms with Crippen molar-refractivity contribution >= 4 is 11.0 Å². The molecule has 0 bridgehead atoms. The number of piperidine rings is 1. The van der Waals surface area contributed by atoms with E-state index in [1.165, 1.54) is 24.0 Å². The number of aryl methyl sites for hydroxylation is 3. The van der Waals surface area contributed by atoms with E-state index >= 15 is 0 Å². The second-order valence-corrected chi connectivity index (χ2v) is 8.12. The second kappa shape index (κ2) is 7.39. The Kier molecular flexibility index (Phi) is 4.96. The van der Waals surface area contributed by atoms with Crippen LogP contribution >= 0.6 is 0 Å². The molecule has 0 aliphatic carbocycles. The highest BCUT2D eigenvalue weighted by Gasteiger charge is 2.25. The minimum atomic E-state index is 0.368. The van der Waals surface area contributed by atoms with Crippen LogP contribution in [0.2, 0.25) is 0 Å². The average Bonchev–Trinajstić information content (AvgIpc) is 2.99. The van der Waals surface area contributed by atoms with Crippen LogP contribution in [0.15, 0.2) is 30.6 Å². The molecule has 5 heteroatoms. The largest absolute Gasteiger partial charge is 0.296 e. The molecule has 2 atom stereocenters. The zero-order valence-corrected chi connectivity index (χ0v) is 16.8. The fourth-order valence-electron chi connectivity index (χ4n) is 4.46. The molecule has 4 heterocycles. The van der Waals surface area contributed by atoms with E-state index < -0.39 is 0 Å². The Labute approximate surface area is 161 Å². The molecule has 142 valence electrons. The van der Waals surface area contributed by atoms with Crippen molar-refractivity contribution in [1.82, 2.24) is 24.6 Å². The quantitative estimate of drug-likeness (QED) is 0.703. The first-order chi connectivity index (χ1) is 13.0.